The van der Waals surface area contributed by atoms with Crippen molar-refractivity contribution in [2.75, 3.05) is 36.4 Å². The molecule has 7 nitrogen and oxygen atoms in total. The average Bonchev–Trinajstić information content (AvgIpc) is 2.99. The topological polar surface area (TPSA) is 74.8 Å². The van der Waals surface area contributed by atoms with Gasteiger partial charge in [0.2, 0.25) is 5.88 Å². The Morgan fingerprint density at radius 1 is 1.00 bits per heavy atom. The molecular weight excluding hydrogens is 485 g/mol. The zero-order valence-electron chi connectivity index (χ0n) is 18.1. The van der Waals surface area contributed by atoms with Gasteiger partial charge in [0.25, 0.3) is 11.8 Å². The van der Waals surface area contributed by atoms with E-state index in [1.54, 1.807) is 30.3 Å². The van der Waals surface area contributed by atoms with Crippen LogP contribution in [0.25, 0.3) is 0 Å². The molecule has 1 saturated heterocycles. The Hall–Kier alpha value is -3.79. The highest BCUT2D eigenvalue weighted by atomic mass is 35.5. The van der Waals surface area contributed by atoms with Crippen LogP contribution in [-0.2, 0) is 6.18 Å². The molecule has 1 aromatic heterocycles. The number of piperazine rings is 1. The van der Waals surface area contributed by atoms with Gasteiger partial charge in [-0.3, -0.25) is 9.59 Å². The summed E-state index contributed by atoms with van der Waals surface area (Å²) in [6.07, 6.45) is -4.62. The number of pyridine rings is 1. The molecule has 3 heterocycles. The molecule has 11 heteroatoms. The smallest absolute Gasteiger partial charge is 0.417 e. The maximum absolute atomic E-state index is 13.3. The predicted molar refractivity (Wildman–Crippen MR) is 123 cm³/mol. The largest absolute Gasteiger partial charge is 0.434 e. The number of ether oxygens (including phenoxy) is 1. The molecule has 1 N–H and O–H groups in total. The highest BCUT2D eigenvalue weighted by Gasteiger charge is 2.36. The maximum Gasteiger partial charge on any atom is 0.417 e. The molecule has 2 aliphatic rings. The zero-order valence-corrected chi connectivity index (χ0v) is 18.9. The van der Waals surface area contributed by atoms with Gasteiger partial charge < -0.3 is 19.9 Å². The molecule has 0 saturated carbocycles. The molecule has 1 fully saturated rings. The van der Waals surface area contributed by atoms with Crippen LogP contribution in [0.3, 0.4) is 0 Å². The summed E-state index contributed by atoms with van der Waals surface area (Å²) in [7, 11) is 0. The van der Waals surface area contributed by atoms with E-state index in [1.165, 1.54) is 23.1 Å². The number of fused-ring (bicyclic) bond motifs is 2. The quantitative estimate of drug-likeness (QED) is 0.529. The third kappa shape index (κ3) is 4.37. The van der Waals surface area contributed by atoms with Gasteiger partial charge in [-0.2, -0.15) is 18.2 Å². The Morgan fingerprint density at radius 3 is 2.49 bits per heavy atom. The fourth-order valence-corrected chi connectivity index (χ4v) is 4.29. The Balaban J connectivity index is 1.34. The molecule has 2 amide bonds. The van der Waals surface area contributed by atoms with Crippen molar-refractivity contribution < 1.29 is 27.5 Å². The third-order valence-electron chi connectivity index (χ3n) is 5.86. The van der Waals surface area contributed by atoms with Gasteiger partial charge in [0.15, 0.2) is 5.75 Å². The number of carbonyl (C=O) groups is 2. The monoisotopic (exact) mass is 502 g/mol. The average molecular weight is 503 g/mol. The van der Waals surface area contributed by atoms with Crippen molar-refractivity contribution in [1.82, 2.24) is 9.88 Å². The molecule has 0 bridgehead atoms. The molecule has 2 aromatic carbocycles. The van der Waals surface area contributed by atoms with Crippen LogP contribution >= 0.6 is 11.6 Å². The van der Waals surface area contributed by atoms with E-state index in [0.29, 0.717) is 29.6 Å². The van der Waals surface area contributed by atoms with Crippen molar-refractivity contribution in [3.8, 4) is 11.6 Å². The van der Waals surface area contributed by atoms with Crippen molar-refractivity contribution >= 4 is 34.9 Å². The number of halogens is 4. The van der Waals surface area contributed by atoms with E-state index in [-0.39, 0.29) is 41.8 Å². The number of amides is 2. The molecule has 5 rings (SSSR count). The van der Waals surface area contributed by atoms with E-state index < -0.39 is 17.6 Å². The van der Waals surface area contributed by atoms with Crippen molar-refractivity contribution in [2.24, 2.45) is 0 Å². The van der Waals surface area contributed by atoms with E-state index in [9.17, 15) is 22.8 Å². The Morgan fingerprint density at radius 2 is 1.74 bits per heavy atom. The number of benzene rings is 2. The van der Waals surface area contributed by atoms with E-state index >= 15 is 0 Å². The molecule has 2 aliphatic heterocycles. The number of anilines is 2. The lowest BCUT2D eigenvalue weighted by molar-refractivity contribution is -0.138. The van der Waals surface area contributed by atoms with Crippen molar-refractivity contribution in [3.05, 3.63) is 76.3 Å². The first-order valence-corrected chi connectivity index (χ1v) is 11.1. The van der Waals surface area contributed by atoms with Crippen molar-refractivity contribution in [1.29, 1.82) is 0 Å². The van der Waals surface area contributed by atoms with Crippen LogP contribution in [0, 0.1) is 0 Å². The van der Waals surface area contributed by atoms with E-state index in [4.69, 9.17) is 16.3 Å². The van der Waals surface area contributed by atoms with E-state index in [2.05, 4.69) is 10.3 Å². The third-order valence-corrected chi connectivity index (χ3v) is 6.16. The summed E-state index contributed by atoms with van der Waals surface area (Å²) in [5.41, 5.74) is -0.660. The first-order chi connectivity index (χ1) is 16.7. The van der Waals surface area contributed by atoms with E-state index in [1.807, 2.05) is 4.90 Å². The van der Waals surface area contributed by atoms with Gasteiger partial charge in [-0.05, 0) is 36.4 Å². The summed E-state index contributed by atoms with van der Waals surface area (Å²) in [6, 6.07) is 13.0. The molecule has 0 atom stereocenters. The van der Waals surface area contributed by atoms with Gasteiger partial charge in [-0.25, -0.2) is 0 Å². The normalized spacial score (nSPS) is 15.5. The number of alkyl halides is 3. The number of hydrogen-bond donors (Lipinski definition) is 1. The SMILES string of the molecule is O=C1Nc2cccc(Cl)c2Oc2nc(N3CCN(C(=O)c4ccccc4C(F)(F)F)CC3)ccc21. The molecule has 0 unspecified atom stereocenters. The zero-order chi connectivity index (χ0) is 24.7. The molecule has 35 heavy (non-hydrogen) atoms. The molecular formula is C24H18ClF3N4O3. The first kappa shape index (κ1) is 23.0. The first-order valence-electron chi connectivity index (χ1n) is 10.7. The Kier molecular flexibility index (Phi) is 5.76. The fourth-order valence-electron chi connectivity index (χ4n) is 4.08. The Bertz CT molecular complexity index is 1320. The second-order valence-electron chi connectivity index (χ2n) is 8.02. The van der Waals surface area contributed by atoms with Crippen LogP contribution in [-0.4, -0.2) is 47.9 Å². The van der Waals surface area contributed by atoms with Crippen LogP contribution < -0.4 is 15.0 Å². The van der Waals surface area contributed by atoms with Gasteiger partial charge in [-0.15, -0.1) is 0 Å². The number of para-hydroxylation sites is 1. The van der Waals surface area contributed by atoms with Crippen LogP contribution in [0.1, 0.15) is 26.3 Å². The standard InChI is InChI=1S/C24H18ClF3N4O3/c25-17-6-3-7-18-20(17)35-22-15(21(33)29-18)8-9-19(30-22)31-10-12-32(13-11-31)23(34)14-4-1-2-5-16(14)24(26,27)28/h1-9H,10-13H2,(H,29,33). The van der Waals surface area contributed by atoms with Gasteiger partial charge >= 0.3 is 6.18 Å². The Labute approximate surface area is 203 Å². The van der Waals surface area contributed by atoms with Crippen LogP contribution in [0.2, 0.25) is 5.02 Å². The maximum atomic E-state index is 13.3. The van der Waals surface area contributed by atoms with Crippen LogP contribution in [0.4, 0.5) is 24.7 Å². The van der Waals surface area contributed by atoms with Gasteiger partial charge in [0.1, 0.15) is 11.4 Å². The lowest BCUT2D eigenvalue weighted by atomic mass is 10.1. The second kappa shape index (κ2) is 8.77. The predicted octanol–water partition coefficient (Wildman–Crippen LogP) is 5.07. The number of nitrogens with zero attached hydrogens (tertiary/aromatic N) is 3. The number of nitrogens with one attached hydrogen (secondary N) is 1. The second-order valence-corrected chi connectivity index (χ2v) is 8.42. The lowest BCUT2D eigenvalue weighted by Crippen LogP contribution is -2.49. The summed E-state index contributed by atoms with van der Waals surface area (Å²) >= 11 is 6.23. The minimum Gasteiger partial charge on any atom is -0.434 e. The molecule has 0 radical (unpaired) electrons. The number of rotatable bonds is 2. The van der Waals surface area contributed by atoms with Crippen molar-refractivity contribution in [3.63, 3.8) is 0 Å². The van der Waals surface area contributed by atoms with Gasteiger partial charge in [0.05, 0.1) is 21.8 Å². The lowest BCUT2D eigenvalue weighted by Gasteiger charge is -2.36. The minimum absolute atomic E-state index is 0.0875. The summed E-state index contributed by atoms with van der Waals surface area (Å²) in [5.74, 6) is -0.179. The minimum atomic E-state index is -4.62. The number of carbonyl (C=O) groups excluding carboxylic acids is 2. The summed E-state index contributed by atoms with van der Waals surface area (Å²) in [4.78, 5) is 33.2. The number of aromatic nitrogens is 1. The molecule has 0 spiro atoms. The molecule has 0 aliphatic carbocycles. The molecule has 180 valence electrons. The van der Waals surface area contributed by atoms with Crippen LogP contribution in [0.5, 0.6) is 11.6 Å². The van der Waals surface area contributed by atoms with Crippen LogP contribution in [0.15, 0.2) is 54.6 Å². The molecule has 3 aromatic rings. The highest BCUT2D eigenvalue weighted by molar-refractivity contribution is 6.32. The van der Waals surface area contributed by atoms with Gasteiger partial charge in [-0.1, -0.05) is 29.8 Å². The summed E-state index contributed by atoms with van der Waals surface area (Å²) in [5, 5.41) is 3.06. The summed E-state index contributed by atoms with van der Waals surface area (Å²) in [6.45, 7) is 1.10. The highest BCUT2D eigenvalue weighted by Crippen LogP contribution is 2.40. The van der Waals surface area contributed by atoms with E-state index in [0.717, 1.165) is 6.07 Å². The van der Waals surface area contributed by atoms with Crippen molar-refractivity contribution in [2.45, 2.75) is 6.18 Å². The fraction of sp³-hybridized carbons (Fsp3) is 0.208. The number of hydrogen-bond acceptors (Lipinski definition) is 5. The van der Waals surface area contributed by atoms with Gasteiger partial charge in [0, 0.05) is 26.2 Å². The summed E-state index contributed by atoms with van der Waals surface area (Å²) < 4.78 is 45.9.